The molecule has 6 nitrogen and oxygen atoms in total. The first-order chi connectivity index (χ1) is 9.94. The van der Waals surface area contributed by atoms with Crippen molar-refractivity contribution in [3.8, 4) is 0 Å². The maximum absolute atomic E-state index is 11.9. The molecule has 21 heavy (non-hydrogen) atoms. The van der Waals surface area contributed by atoms with E-state index in [0.717, 1.165) is 0 Å². The van der Waals surface area contributed by atoms with Crippen LogP contribution in [0.1, 0.15) is 17.3 Å². The molecule has 1 amide bonds. The van der Waals surface area contributed by atoms with Gasteiger partial charge in [-0.2, -0.15) is 0 Å². The van der Waals surface area contributed by atoms with Crippen molar-refractivity contribution in [1.82, 2.24) is 4.72 Å². The molecular formula is C13H13BrN2O4S. The molecule has 0 radical (unpaired) electrons. The van der Waals surface area contributed by atoms with Crippen molar-refractivity contribution in [2.45, 2.75) is 11.8 Å². The van der Waals surface area contributed by atoms with Crippen molar-refractivity contribution in [3.63, 3.8) is 0 Å². The first kappa shape index (κ1) is 15.7. The Morgan fingerprint density at radius 3 is 2.43 bits per heavy atom. The molecule has 0 saturated heterocycles. The molecule has 0 aliphatic carbocycles. The summed E-state index contributed by atoms with van der Waals surface area (Å²) >= 11 is 3.12. The molecule has 0 fully saturated rings. The van der Waals surface area contributed by atoms with Crippen molar-refractivity contribution < 1.29 is 17.6 Å². The smallest absolute Gasteiger partial charge is 0.260 e. The highest BCUT2D eigenvalue weighted by molar-refractivity contribution is 9.10. The van der Waals surface area contributed by atoms with Gasteiger partial charge in [0.15, 0.2) is 4.67 Å². The number of furan rings is 1. The Kier molecular flexibility index (Phi) is 4.81. The minimum atomic E-state index is -3.49. The van der Waals surface area contributed by atoms with Crippen LogP contribution in [0.3, 0.4) is 0 Å². The normalized spacial score (nSPS) is 11.3. The Bertz CT molecular complexity index is 738. The summed E-state index contributed by atoms with van der Waals surface area (Å²) in [6.45, 7) is 2.02. The van der Waals surface area contributed by atoms with Crippen LogP contribution in [-0.4, -0.2) is 20.9 Å². The van der Waals surface area contributed by atoms with Gasteiger partial charge in [-0.1, -0.05) is 6.92 Å². The first-order valence-electron chi connectivity index (χ1n) is 6.08. The van der Waals surface area contributed by atoms with E-state index < -0.39 is 10.0 Å². The minimum Gasteiger partial charge on any atom is -0.457 e. The minimum absolute atomic E-state index is 0.145. The van der Waals surface area contributed by atoms with E-state index in [-0.39, 0.29) is 10.8 Å². The zero-order valence-electron chi connectivity index (χ0n) is 11.1. The van der Waals surface area contributed by atoms with Crippen LogP contribution in [0.15, 0.2) is 50.6 Å². The van der Waals surface area contributed by atoms with Gasteiger partial charge in [-0.15, -0.1) is 0 Å². The predicted octanol–water partition coefficient (Wildman–Crippen LogP) is 2.59. The van der Waals surface area contributed by atoms with E-state index in [4.69, 9.17) is 4.42 Å². The summed E-state index contributed by atoms with van der Waals surface area (Å²) in [4.78, 5) is 12.1. The van der Waals surface area contributed by atoms with E-state index in [1.165, 1.54) is 36.6 Å². The number of benzene rings is 1. The molecule has 2 aromatic rings. The molecule has 1 aromatic carbocycles. The molecule has 0 aliphatic rings. The number of hydrogen-bond donors (Lipinski definition) is 2. The van der Waals surface area contributed by atoms with Crippen LogP contribution in [0.5, 0.6) is 0 Å². The zero-order valence-corrected chi connectivity index (χ0v) is 13.5. The van der Waals surface area contributed by atoms with E-state index in [9.17, 15) is 13.2 Å². The monoisotopic (exact) mass is 372 g/mol. The number of anilines is 1. The largest absolute Gasteiger partial charge is 0.457 e. The Hall–Kier alpha value is -1.64. The summed E-state index contributed by atoms with van der Waals surface area (Å²) in [6, 6.07) is 7.44. The Balaban J connectivity index is 2.13. The van der Waals surface area contributed by atoms with Gasteiger partial charge in [0.1, 0.15) is 0 Å². The number of nitrogens with one attached hydrogen (secondary N) is 2. The number of carbonyl (C=O) groups excluding carboxylic acids is 1. The highest BCUT2D eigenvalue weighted by Gasteiger charge is 2.14. The standard InChI is InChI=1S/C13H13BrN2O4S/c1-2-15-21(18,19)10-5-3-9(4-6-10)16-13(17)11-7-8-20-12(11)14/h3-8,15H,2H2,1H3,(H,16,17). The number of hydrogen-bond acceptors (Lipinski definition) is 4. The summed E-state index contributed by atoms with van der Waals surface area (Å²) in [6.07, 6.45) is 1.39. The number of amides is 1. The van der Waals surface area contributed by atoms with Gasteiger partial charge >= 0.3 is 0 Å². The molecule has 0 unspecified atom stereocenters. The summed E-state index contributed by atoms with van der Waals surface area (Å²) < 4.78 is 31.3. The molecule has 8 heteroatoms. The fourth-order valence-electron chi connectivity index (χ4n) is 1.64. The molecular weight excluding hydrogens is 360 g/mol. The summed E-state index contributed by atoms with van der Waals surface area (Å²) in [5.41, 5.74) is 0.850. The highest BCUT2D eigenvalue weighted by atomic mass is 79.9. The lowest BCUT2D eigenvalue weighted by atomic mass is 10.3. The quantitative estimate of drug-likeness (QED) is 0.843. The Morgan fingerprint density at radius 2 is 1.90 bits per heavy atom. The lowest BCUT2D eigenvalue weighted by Crippen LogP contribution is -2.23. The molecule has 2 N–H and O–H groups in total. The zero-order chi connectivity index (χ0) is 15.5. The van der Waals surface area contributed by atoms with E-state index >= 15 is 0 Å². The molecule has 0 spiro atoms. The number of rotatable bonds is 5. The van der Waals surface area contributed by atoms with Gasteiger partial charge < -0.3 is 9.73 Å². The second-order valence-corrected chi connectivity index (χ2v) is 6.58. The van der Waals surface area contributed by atoms with Gasteiger partial charge in [-0.25, -0.2) is 13.1 Å². The van der Waals surface area contributed by atoms with Crippen LogP contribution in [0.4, 0.5) is 5.69 Å². The maximum atomic E-state index is 11.9. The third kappa shape index (κ3) is 3.72. The highest BCUT2D eigenvalue weighted by Crippen LogP contribution is 2.20. The van der Waals surface area contributed by atoms with Gasteiger partial charge in [0.25, 0.3) is 5.91 Å². The van der Waals surface area contributed by atoms with E-state index in [1.54, 1.807) is 6.92 Å². The Morgan fingerprint density at radius 1 is 1.24 bits per heavy atom. The van der Waals surface area contributed by atoms with Crippen LogP contribution >= 0.6 is 15.9 Å². The number of halogens is 1. The van der Waals surface area contributed by atoms with Crippen LogP contribution in [0.25, 0.3) is 0 Å². The van der Waals surface area contributed by atoms with E-state index in [2.05, 4.69) is 26.0 Å². The number of carbonyl (C=O) groups is 1. The molecule has 0 bridgehead atoms. The Labute approximate surface area is 130 Å². The topological polar surface area (TPSA) is 88.4 Å². The lowest BCUT2D eigenvalue weighted by molar-refractivity contribution is 0.102. The second-order valence-electron chi connectivity index (χ2n) is 4.09. The average Bonchev–Trinajstić information content (AvgIpc) is 2.85. The molecule has 1 heterocycles. The molecule has 1 aromatic heterocycles. The van der Waals surface area contributed by atoms with Crippen LogP contribution in [-0.2, 0) is 10.0 Å². The fourth-order valence-corrected chi connectivity index (χ4v) is 3.11. The SMILES string of the molecule is CCNS(=O)(=O)c1ccc(NC(=O)c2ccoc2Br)cc1. The third-order valence-electron chi connectivity index (χ3n) is 2.62. The van der Waals surface area contributed by atoms with E-state index in [0.29, 0.717) is 22.5 Å². The van der Waals surface area contributed by atoms with Crippen molar-refractivity contribution in [2.24, 2.45) is 0 Å². The summed E-state index contributed by atoms with van der Waals surface area (Å²) in [7, 11) is -3.49. The molecule has 2 rings (SSSR count). The first-order valence-corrected chi connectivity index (χ1v) is 8.35. The average molecular weight is 373 g/mol. The lowest BCUT2D eigenvalue weighted by Gasteiger charge is -2.07. The van der Waals surface area contributed by atoms with Crippen LogP contribution in [0, 0.1) is 0 Å². The molecule has 0 saturated carbocycles. The van der Waals surface area contributed by atoms with Gasteiger partial charge in [-0.05, 0) is 46.3 Å². The molecule has 0 aliphatic heterocycles. The third-order valence-corrected chi connectivity index (χ3v) is 4.80. The second kappa shape index (κ2) is 6.42. The van der Waals surface area contributed by atoms with Crippen molar-refractivity contribution in [3.05, 3.63) is 46.8 Å². The van der Waals surface area contributed by atoms with Crippen molar-refractivity contribution >= 4 is 37.5 Å². The van der Waals surface area contributed by atoms with Crippen molar-refractivity contribution in [2.75, 3.05) is 11.9 Å². The van der Waals surface area contributed by atoms with E-state index in [1.807, 2.05) is 0 Å². The van der Waals surface area contributed by atoms with Gasteiger partial charge in [0, 0.05) is 12.2 Å². The predicted molar refractivity (Wildman–Crippen MR) is 81.7 cm³/mol. The van der Waals surface area contributed by atoms with Gasteiger partial charge in [-0.3, -0.25) is 4.79 Å². The van der Waals surface area contributed by atoms with Gasteiger partial charge in [0.05, 0.1) is 16.7 Å². The fraction of sp³-hybridized carbons (Fsp3) is 0.154. The molecule has 0 atom stereocenters. The van der Waals surface area contributed by atoms with Gasteiger partial charge in [0.2, 0.25) is 10.0 Å². The van der Waals surface area contributed by atoms with Crippen LogP contribution in [0.2, 0.25) is 0 Å². The summed E-state index contributed by atoms with van der Waals surface area (Å²) in [5, 5.41) is 2.65. The molecule has 112 valence electrons. The summed E-state index contributed by atoms with van der Waals surface area (Å²) in [5.74, 6) is -0.349. The van der Waals surface area contributed by atoms with Crippen molar-refractivity contribution in [1.29, 1.82) is 0 Å². The maximum Gasteiger partial charge on any atom is 0.260 e. The van der Waals surface area contributed by atoms with Crippen LogP contribution < -0.4 is 10.0 Å². The number of sulfonamides is 1.